The van der Waals surface area contributed by atoms with Crippen molar-refractivity contribution in [1.29, 1.82) is 0 Å². The van der Waals surface area contributed by atoms with E-state index in [1.54, 1.807) is 13.2 Å². The highest BCUT2D eigenvalue weighted by Gasteiger charge is 2.21. The zero-order valence-electron chi connectivity index (χ0n) is 13.1. The summed E-state index contributed by atoms with van der Waals surface area (Å²) in [6.45, 7) is 3.78. The molecule has 2 aromatic rings. The lowest BCUT2D eigenvalue weighted by Crippen LogP contribution is -2.33. The minimum atomic E-state index is -0.802. The molecule has 0 amide bonds. The lowest BCUT2D eigenvalue weighted by molar-refractivity contribution is 0.180. The van der Waals surface area contributed by atoms with E-state index >= 15 is 0 Å². The minimum absolute atomic E-state index is 0.621. The van der Waals surface area contributed by atoms with Crippen LogP contribution >= 0.6 is 0 Å². The fourth-order valence-corrected chi connectivity index (χ4v) is 2.85. The van der Waals surface area contributed by atoms with Gasteiger partial charge in [-0.3, -0.25) is 4.90 Å². The Labute approximate surface area is 133 Å². The van der Waals surface area contributed by atoms with Crippen molar-refractivity contribution in [3.05, 3.63) is 46.8 Å². The van der Waals surface area contributed by atoms with Crippen LogP contribution in [0.2, 0.25) is 0 Å². The van der Waals surface area contributed by atoms with Crippen LogP contribution in [-0.4, -0.2) is 46.7 Å². The summed E-state index contributed by atoms with van der Waals surface area (Å²) in [7, 11) is 1.67. The SMILES string of the molecule is COCCn1nnc2c1CCN(CCc1ccc(F)c(F)c1)C2. The highest BCUT2D eigenvalue weighted by molar-refractivity contribution is 5.18. The molecular formula is C16H20F2N4O. The molecule has 1 aromatic carbocycles. The molecule has 0 bridgehead atoms. The van der Waals surface area contributed by atoms with E-state index in [1.807, 2.05) is 4.68 Å². The molecule has 5 nitrogen and oxygen atoms in total. The topological polar surface area (TPSA) is 43.2 Å². The first-order valence-corrected chi connectivity index (χ1v) is 7.74. The summed E-state index contributed by atoms with van der Waals surface area (Å²) in [4.78, 5) is 2.26. The summed E-state index contributed by atoms with van der Waals surface area (Å²) in [5, 5.41) is 8.42. The molecule has 0 spiro atoms. The molecule has 0 unspecified atom stereocenters. The van der Waals surface area contributed by atoms with E-state index < -0.39 is 11.6 Å². The van der Waals surface area contributed by atoms with Crippen LogP contribution in [0.3, 0.4) is 0 Å². The van der Waals surface area contributed by atoms with Crippen LogP contribution < -0.4 is 0 Å². The van der Waals surface area contributed by atoms with Crippen molar-refractivity contribution in [1.82, 2.24) is 19.9 Å². The van der Waals surface area contributed by atoms with Crippen molar-refractivity contribution >= 4 is 0 Å². The number of nitrogens with zero attached hydrogens (tertiary/aromatic N) is 4. The summed E-state index contributed by atoms with van der Waals surface area (Å²) < 4.78 is 33.1. The predicted molar refractivity (Wildman–Crippen MR) is 80.9 cm³/mol. The van der Waals surface area contributed by atoms with Gasteiger partial charge in [-0.1, -0.05) is 11.3 Å². The molecule has 0 radical (unpaired) electrons. The largest absolute Gasteiger partial charge is 0.383 e. The van der Waals surface area contributed by atoms with Crippen molar-refractivity contribution in [2.75, 3.05) is 26.8 Å². The van der Waals surface area contributed by atoms with Crippen molar-refractivity contribution < 1.29 is 13.5 Å². The van der Waals surface area contributed by atoms with Crippen LogP contribution in [-0.2, 0) is 30.7 Å². The number of aromatic nitrogens is 3. The number of benzene rings is 1. The number of ether oxygens (including phenoxy) is 1. The number of halogens is 2. The van der Waals surface area contributed by atoms with Crippen LogP contribution in [0.4, 0.5) is 8.78 Å². The monoisotopic (exact) mass is 322 g/mol. The van der Waals surface area contributed by atoms with Crippen molar-refractivity contribution in [3.63, 3.8) is 0 Å². The average Bonchev–Trinajstić information content (AvgIpc) is 2.96. The van der Waals surface area contributed by atoms with Gasteiger partial charge in [0.15, 0.2) is 11.6 Å². The first kappa shape index (κ1) is 16.0. The van der Waals surface area contributed by atoms with Crippen LogP contribution in [0.1, 0.15) is 17.0 Å². The molecule has 0 N–H and O–H groups in total. The van der Waals surface area contributed by atoms with Gasteiger partial charge < -0.3 is 4.74 Å². The van der Waals surface area contributed by atoms with E-state index in [1.165, 1.54) is 17.8 Å². The molecule has 3 rings (SSSR count). The second-order valence-electron chi connectivity index (χ2n) is 5.72. The number of fused-ring (bicyclic) bond motifs is 1. The van der Waals surface area contributed by atoms with Gasteiger partial charge in [0.25, 0.3) is 0 Å². The molecule has 2 heterocycles. The van der Waals surface area contributed by atoms with Gasteiger partial charge in [-0.15, -0.1) is 5.10 Å². The summed E-state index contributed by atoms with van der Waals surface area (Å²) in [5.41, 5.74) is 2.97. The standard InChI is InChI=1S/C16H20F2N4O/c1-23-9-8-22-16-5-7-21(11-15(16)19-20-22)6-4-12-2-3-13(17)14(18)10-12/h2-3,10H,4-9,11H2,1H3. The maximum Gasteiger partial charge on any atom is 0.159 e. The molecule has 0 saturated heterocycles. The fraction of sp³-hybridized carbons (Fsp3) is 0.500. The molecule has 0 atom stereocenters. The Kier molecular flexibility index (Phi) is 4.97. The van der Waals surface area contributed by atoms with E-state index in [9.17, 15) is 8.78 Å². The van der Waals surface area contributed by atoms with Crippen LogP contribution in [0.15, 0.2) is 18.2 Å². The molecule has 7 heteroatoms. The summed E-state index contributed by atoms with van der Waals surface area (Å²) in [6, 6.07) is 4.08. The number of rotatable bonds is 6. The second kappa shape index (κ2) is 7.14. The van der Waals surface area contributed by atoms with Crippen LogP contribution in [0.25, 0.3) is 0 Å². The van der Waals surface area contributed by atoms with Crippen molar-refractivity contribution in [2.24, 2.45) is 0 Å². The number of hydrogen-bond acceptors (Lipinski definition) is 4. The third-order valence-corrected chi connectivity index (χ3v) is 4.16. The Bertz CT molecular complexity index is 674. The molecule has 23 heavy (non-hydrogen) atoms. The van der Waals surface area contributed by atoms with Gasteiger partial charge in [0.05, 0.1) is 24.5 Å². The Morgan fingerprint density at radius 3 is 2.87 bits per heavy atom. The maximum atomic E-state index is 13.2. The first-order chi connectivity index (χ1) is 11.2. The molecular weight excluding hydrogens is 302 g/mol. The number of hydrogen-bond donors (Lipinski definition) is 0. The predicted octanol–water partition coefficient (Wildman–Crippen LogP) is 1.80. The van der Waals surface area contributed by atoms with E-state index in [-0.39, 0.29) is 0 Å². The summed E-state index contributed by atoms with van der Waals surface area (Å²) in [5.74, 6) is -1.59. The van der Waals surface area contributed by atoms with E-state index in [0.717, 1.165) is 37.3 Å². The Morgan fingerprint density at radius 2 is 2.09 bits per heavy atom. The fourth-order valence-electron chi connectivity index (χ4n) is 2.85. The quantitative estimate of drug-likeness (QED) is 0.813. The normalized spacial score (nSPS) is 14.9. The zero-order valence-corrected chi connectivity index (χ0v) is 13.1. The lowest BCUT2D eigenvalue weighted by Gasteiger charge is -2.26. The molecule has 1 aromatic heterocycles. The van der Waals surface area contributed by atoms with Gasteiger partial charge in [-0.25, -0.2) is 13.5 Å². The van der Waals surface area contributed by atoms with E-state index in [0.29, 0.717) is 19.6 Å². The van der Waals surface area contributed by atoms with E-state index in [2.05, 4.69) is 15.2 Å². The van der Waals surface area contributed by atoms with Crippen molar-refractivity contribution in [3.8, 4) is 0 Å². The highest BCUT2D eigenvalue weighted by Crippen LogP contribution is 2.17. The van der Waals surface area contributed by atoms with Gasteiger partial charge >= 0.3 is 0 Å². The Hall–Kier alpha value is -1.86. The van der Waals surface area contributed by atoms with E-state index in [4.69, 9.17) is 4.74 Å². The maximum absolute atomic E-state index is 13.2. The lowest BCUT2D eigenvalue weighted by atomic mass is 10.1. The molecule has 1 aliphatic heterocycles. The third-order valence-electron chi connectivity index (χ3n) is 4.16. The zero-order chi connectivity index (χ0) is 16.2. The Morgan fingerprint density at radius 1 is 1.22 bits per heavy atom. The minimum Gasteiger partial charge on any atom is -0.383 e. The van der Waals surface area contributed by atoms with Gasteiger partial charge in [0.1, 0.15) is 0 Å². The van der Waals surface area contributed by atoms with Crippen LogP contribution in [0, 0.1) is 11.6 Å². The van der Waals surface area contributed by atoms with Gasteiger partial charge in [0, 0.05) is 33.2 Å². The second-order valence-corrected chi connectivity index (χ2v) is 5.72. The molecule has 1 aliphatic rings. The molecule has 0 saturated carbocycles. The highest BCUT2D eigenvalue weighted by atomic mass is 19.2. The molecule has 0 fully saturated rings. The van der Waals surface area contributed by atoms with Crippen molar-refractivity contribution in [2.45, 2.75) is 25.9 Å². The molecule has 124 valence electrons. The van der Waals surface area contributed by atoms with Gasteiger partial charge in [0.2, 0.25) is 0 Å². The first-order valence-electron chi connectivity index (χ1n) is 7.74. The third kappa shape index (κ3) is 3.73. The molecule has 0 aliphatic carbocycles. The smallest absolute Gasteiger partial charge is 0.159 e. The van der Waals surface area contributed by atoms with Gasteiger partial charge in [-0.2, -0.15) is 0 Å². The van der Waals surface area contributed by atoms with Gasteiger partial charge in [-0.05, 0) is 24.1 Å². The Balaban J connectivity index is 1.57. The summed E-state index contributed by atoms with van der Waals surface area (Å²) in [6.07, 6.45) is 1.58. The van der Waals surface area contributed by atoms with Crippen LogP contribution in [0.5, 0.6) is 0 Å². The summed E-state index contributed by atoms with van der Waals surface area (Å²) >= 11 is 0. The number of methoxy groups -OCH3 is 1. The average molecular weight is 322 g/mol.